The number of unbranched alkanes of at least 4 members (excludes halogenated alkanes) is 33. The van der Waals surface area contributed by atoms with Gasteiger partial charge in [0.2, 0.25) is 5.91 Å². The van der Waals surface area contributed by atoms with Crippen molar-refractivity contribution in [3.63, 3.8) is 0 Å². The summed E-state index contributed by atoms with van der Waals surface area (Å²) < 4.78 is 55.5. The second kappa shape index (κ2) is 48.7. The van der Waals surface area contributed by atoms with Gasteiger partial charge in [-0.2, -0.15) is 0 Å². The monoisotopic (exact) mass is 1260 g/mol. The van der Waals surface area contributed by atoms with Gasteiger partial charge in [0.1, 0.15) is 30.5 Å². The molecule has 2 fully saturated rings. The summed E-state index contributed by atoms with van der Waals surface area (Å²) in [5.74, 6) is -0.841. The van der Waals surface area contributed by atoms with E-state index in [4.69, 9.17) is 37.9 Å². The van der Waals surface area contributed by atoms with Crippen LogP contribution >= 0.6 is 0 Å². The zero-order valence-corrected chi connectivity index (χ0v) is 57.7. The third-order valence-corrected chi connectivity index (χ3v) is 18.6. The van der Waals surface area contributed by atoms with Crippen molar-refractivity contribution in [2.75, 3.05) is 13.2 Å². The van der Waals surface area contributed by atoms with Crippen molar-refractivity contribution in [2.45, 2.75) is 346 Å². The van der Waals surface area contributed by atoms with E-state index in [-0.39, 0.29) is 31.8 Å². The molecule has 2 saturated heterocycles. The molecular formula is C81H127NO9. The summed E-state index contributed by atoms with van der Waals surface area (Å²) in [6, 6.07) is 40.3. The van der Waals surface area contributed by atoms with E-state index in [1.54, 1.807) is 0 Å². The second-order valence-corrected chi connectivity index (χ2v) is 27.2. The maximum absolute atomic E-state index is 14.4. The fourth-order valence-corrected chi connectivity index (χ4v) is 13.3. The Morgan fingerprint density at radius 3 is 1.16 bits per heavy atom. The highest BCUT2D eigenvalue weighted by Gasteiger charge is 2.51. The highest BCUT2D eigenvalue weighted by Crippen LogP contribution is 2.36. The Morgan fingerprint density at radius 1 is 0.407 bits per heavy atom. The van der Waals surface area contributed by atoms with Gasteiger partial charge in [-0.05, 0) is 48.9 Å². The molecule has 8 atom stereocenters. The summed E-state index contributed by atoms with van der Waals surface area (Å²) in [5.41, 5.74) is 4.12. The molecule has 1 N–H and O–H groups in total. The van der Waals surface area contributed by atoms with Crippen LogP contribution in [0.25, 0.3) is 0 Å². The van der Waals surface area contributed by atoms with Gasteiger partial charge in [0.25, 0.3) is 0 Å². The number of hydrogen-bond acceptors (Lipinski definition) is 9. The van der Waals surface area contributed by atoms with E-state index in [0.29, 0.717) is 26.2 Å². The molecule has 1 amide bonds. The predicted molar refractivity (Wildman–Crippen MR) is 374 cm³/mol. The van der Waals surface area contributed by atoms with E-state index in [1.807, 2.05) is 86.6 Å². The molecule has 4 aromatic carbocycles. The average Bonchev–Trinajstić information content (AvgIpc) is 1.66. The minimum Gasteiger partial charge on any atom is -0.374 e. The lowest BCUT2D eigenvalue weighted by Gasteiger charge is -2.46. The van der Waals surface area contributed by atoms with Crippen LogP contribution in [0.1, 0.15) is 288 Å². The summed E-state index contributed by atoms with van der Waals surface area (Å²) in [5, 5.41) is 3.47. The molecule has 10 heteroatoms. The fourth-order valence-electron chi connectivity index (χ4n) is 13.3. The lowest BCUT2D eigenvalue weighted by atomic mass is 9.97. The molecule has 0 bridgehead atoms. The Bertz CT molecular complexity index is 2320. The first kappa shape index (κ1) is 76.1. The van der Waals surface area contributed by atoms with Crippen LogP contribution in [-0.2, 0) is 69.1 Å². The number of carbonyl (C=O) groups excluding carboxylic acids is 1. The van der Waals surface area contributed by atoms with E-state index in [2.05, 4.69) is 67.7 Å². The summed E-state index contributed by atoms with van der Waals surface area (Å²) in [6.45, 7) is 10.2. The van der Waals surface area contributed by atoms with Crippen molar-refractivity contribution < 1.29 is 42.7 Å². The molecule has 0 spiro atoms. The number of rotatable bonds is 55. The molecule has 0 radical (unpaired) electrons. The molecule has 0 aliphatic carbocycles. The van der Waals surface area contributed by atoms with Gasteiger partial charge in [0.05, 0.1) is 51.8 Å². The second-order valence-electron chi connectivity index (χ2n) is 27.2. The van der Waals surface area contributed by atoms with Crippen LogP contribution in [0.4, 0.5) is 0 Å². The van der Waals surface area contributed by atoms with Gasteiger partial charge in [-0.25, -0.2) is 0 Å². The zero-order chi connectivity index (χ0) is 63.9. The quantitative estimate of drug-likeness (QED) is 0.0433. The van der Waals surface area contributed by atoms with E-state index in [1.165, 1.54) is 193 Å². The molecule has 0 saturated carbocycles. The summed E-state index contributed by atoms with van der Waals surface area (Å²) >= 11 is 0. The highest BCUT2D eigenvalue weighted by atomic mass is 16.8. The SMILES string of the molecule is CCCCCCCCCCCCCCCCCCCCCCCCCC(=O)N[C@@H](CO[C@H]1O[C@H](COCc2ccccc2)[C@H](OCc2ccccc2)[C@H](OCc2ccccc2)[C@H]1OCc1ccccc1)[C@@H]1OC(C)(C)O[C@@H]1CCCCCCCCCCCCCC. The Balaban J connectivity index is 1.08. The molecule has 2 aliphatic heterocycles. The number of ether oxygens (including phenoxy) is 8. The largest absolute Gasteiger partial charge is 0.374 e. The van der Waals surface area contributed by atoms with Gasteiger partial charge >= 0.3 is 0 Å². The van der Waals surface area contributed by atoms with Gasteiger partial charge in [0, 0.05) is 6.42 Å². The molecule has 4 aromatic rings. The van der Waals surface area contributed by atoms with Crippen molar-refractivity contribution in [1.82, 2.24) is 5.32 Å². The van der Waals surface area contributed by atoms with Gasteiger partial charge < -0.3 is 43.2 Å². The molecule has 91 heavy (non-hydrogen) atoms. The van der Waals surface area contributed by atoms with E-state index in [9.17, 15) is 4.79 Å². The third kappa shape index (κ3) is 33.3. The topological polar surface area (TPSA) is 103 Å². The summed E-state index contributed by atoms with van der Waals surface area (Å²) in [6.07, 6.45) is 43.1. The van der Waals surface area contributed by atoms with Crippen LogP contribution in [0.2, 0.25) is 0 Å². The standard InChI is InChI=1S/C81H127NO9/c1-5-7-9-11-13-15-17-19-20-21-22-23-24-25-26-27-28-29-31-33-35-37-51-61-75(83)82-72(76-73(90-81(3,4)91-76)60-50-36-34-32-30-18-16-14-12-10-8-6-2)66-88-80-79(87-65-71-58-48-41-49-59-71)78(86-64-70-56-46-40-47-57-70)77(85-63-69-54-44-39-45-55-69)74(89-80)67-84-62-68-52-42-38-43-53-68/h38-49,52-59,72-74,76-80H,5-37,50-51,60-67H2,1-4H3,(H,82,83)/t72-,73+,74+,76-,77-,78-,79+,80-/m0/s1. The Kier molecular flexibility index (Phi) is 40.7. The van der Waals surface area contributed by atoms with Crippen molar-refractivity contribution in [3.05, 3.63) is 144 Å². The van der Waals surface area contributed by atoms with E-state index < -0.39 is 48.6 Å². The van der Waals surface area contributed by atoms with Crippen LogP contribution in [0.15, 0.2) is 121 Å². The Hall–Kier alpha value is -3.97. The minimum absolute atomic E-state index is 0.00147. The van der Waals surface area contributed by atoms with Gasteiger partial charge in [-0.1, -0.05) is 353 Å². The van der Waals surface area contributed by atoms with Crippen LogP contribution in [0.5, 0.6) is 0 Å². The van der Waals surface area contributed by atoms with Gasteiger partial charge in [-0.15, -0.1) is 0 Å². The summed E-state index contributed by atoms with van der Waals surface area (Å²) in [4.78, 5) is 14.4. The molecule has 510 valence electrons. The van der Waals surface area contributed by atoms with Crippen LogP contribution in [-0.4, -0.2) is 73.9 Å². The predicted octanol–water partition coefficient (Wildman–Crippen LogP) is 21.2. The number of amides is 1. The van der Waals surface area contributed by atoms with Crippen molar-refractivity contribution in [3.8, 4) is 0 Å². The first-order chi connectivity index (χ1) is 44.8. The smallest absolute Gasteiger partial charge is 0.220 e. The molecule has 0 aromatic heterocycles. The lowest BCUT2D eigenvalue weighted by Crippen LogP contribution is -2.62. The maximum Gasteiger partial charge on any atom is 0.220 e. The third-order valence-electron chi connectivity index (χ3n) is 18.6. The lowest BCUT2D eigenvalue weighted by molar-refractivity contribution is -0.329. The molecule has 0 unspecified atom stereocenters. The van der Waals surface area contributed by atoms with Crippen LogP contribution in [0, 0.1) is 0 Å². The van der Waals surface area contributed by atoms with Crippen molar-refractivity contribution in [2.24, 2.45) is 0 Å². The Morgan fingerprint density at radius 2 is 0.758 bits per heavy atom. The normalized spacial score (nSPS) is 20.1. The number of carbonyl (C=O) groups is 1. The molecule has 6 rings (SSSR count). The van der Waals surface area contributed by atoms with E-state index >= 15 is 0 Å². The first-order valence-corrected chi connectivity index (χ1v) is 37.3. The van der Waals surface area contributed by atoms with Gasteiger partial charge in [-0.3, -0.25) is 4.79 Å². The molecular weight excluding hydrogens is 1130 g/mol. The number of hydrogen-bond donors (Lipinski definition) is 1. The number of benzene rings is 4. The summed E-state index contributed by atoms with van der Waals surface area (Å²) in [7, 11) is 0. The highest BCUT2D eigenvalue weighted by molar-refractivity contribution is 5.76. The fraction of sp³-hybridized carbons (Fsp3) is 0.691. The maximum atomic E-state index is 14.4. The minimum atomic E-state index is -0.944. The zero-order valence-electron chi connectivity index (χ0n) is 57.7. The molecule has 2 aliphatic rings. The first-order valence-electron chi connectivity index (χ1n) is 37.3. The van der Waals surface area contributed by atoms with Crippen molar-refractivity contribution in [1.29, 1.82) is 0 Å². The molecule has 10 nitrogen and oxygen atoms in total. The Labute approximate surface area is 554 Å². The molecule has 2 heterocycles. The number of nitrogens with one attached hydrogen (secondary N) is 1. The average molecular weight is 1260 g/mol. The van der Waals surface area contributed by atoms with Gasteiger partial charge in [0.15, 0.2) is 12.1 Å². The van der Waals surface area contributed by atoms with Crippen molar-refractivity contribution >= 4 is 5.91 Å². The van der Waals surface area contributed by atoms with Crippen LogP contribution < -0.4 is 5.32 Å². The van der Waals surface area contributed by atoms with Crippen LogP contribution in [0.3, 0.4) is 0 Å². The van der Waals surface area contributed by atoms with E-state index in [0.717, 1.165) is 60.8 Å².